The van der Waals surface area contributed by atoms with Crippen LogP contribution in [0.5, 0.6) is 0 Å². The van der Waals surface area contributed by atoms with E-state index in [2.05, 4.69) is 19.4 Å². The molecule has 0 spiro atoms. The fourth-order valence-electron chi connectivity index (χ4n) is 0.957. The van der Waals surface area contributed by atoms with Crippen LogP contribution >= 0.6 is 0 Å². The molecule has 0 saturated heterocycles. The number of hydrogen-bond acceptors (Lipinski definition) is 11. The zero-order chi connectivity index (χ0) is 15.7. The highest BCUT2D eigenvalue weighted by atomic mass is 17.0. The maximum atomic E-state index is 10.8. The molecule has 7 N–H and O–H groups in total. The third kappa shape index (κ3) is 17.6. The van der Waals surface area contributed by atoms with Crippen LogP contribution in [0.2, 0.25) is 0 Å². The van der Waals surface area contributed by atoms with Gasteiger partial charge in [-0.1, -0.05) is 0 Å². The Hall–Kier alpha value is -2.32. The van der Waals surface area contributed by atoms with Crippen LogP contribution in [-0.2, 0) is 38.5 Å². The van der Waals surface area contributed by atoms with Crippen LogP contribution in [0.1, 0.15) is 27.7 Å². The van der Waals surface area contributed by atoms with Crippen molar-refractivity contribution in [2.24, 2.45) is 0 Å². The molecule has 0 aromatic rings. The summed E-state index contributed by atoms with van der Waals surface area (Å²) in [4.78, 5) is 61.4. The number of rotatable bonds is 7. The lowest BCUT2D eigenvalue weighted by Gasteiger charge is -2.22. The van der Waals surface area contributed by atoms with Crippen LogP contribution in [0.4, 0.5) is 0 Å². The second-order valence-electron chi connectivity index (χ2n) is 3.44. The van der Waals surface area contributed by atoms with Gasteiger partial charge in [0.1, 0.15) is 0 Å². The van der Waals surface area contributed by atoms with Crippen molar-refractivity contribution in [3.8, 4) is 0 Å². The fourth-order valence-corrected chi connectivity index (χ4v) is 0.957. The van der Waals surface area contributed by atoms with Crippen molar-refractivity contribution in [2.45, 2.75) is 27.7 Å². The molecule has 138 valence electrons. The van der Waals surface area contributed by atoms with E-state index in [9.17, 15) is 19.2 Å². The van der Waals surface area contributed by atoms with E-state index < -0.39 is 23.9 Å². The van der Waals surface area contributed by atoms with E-state index in [0.717, 1.165) is 27.7 Å². The van der Waals surface area contributed by atoms with Crippen LogP contribution < -0.4 is 6.15 Å². The average molecular weight is 345 g/mol. The van der Waals surface area contributed by atoms with E-state index >= 15 is 0 Å². The van der Waals surface area contributed by atoms with Crippen molar-refractivity contribution in [1.82, 2.24) is 16.6 Å². The lowest BCUT2D eigenvalue weighted by atomic mass is 10.7. The van der Waals surface area contributed by atoms with Crippen molar-refractivity contribution in [2.75, 3.05) is 13.1 Å². The molecule has 0 bridgehead atoms. The molecule has 13 heteroatoms. The molecule has 13 nitrogen and oxygen atoms in total. The number of carbonyl (C=O) groups is 4. The molecule has 0 radical (unpaired) electrons. The second kappa shape index (κ2) is 14.6. The van der Waals surface area contributed by atoms with Crippen LogP contribution in [0.15, 0.2) is 0 Å². The number of carbonyl (C=O) groups excluding carboxylic acids is 4. The summed E-state index contributed by atoms with van der Waals surface area (Å²) < 4.78 is 0. The lowest BCUT2D eigenvalue weighted by molar-refractivity contribution is -0.354. The third-order valence-electron chi connectivity index (χ3n) is 1.39. The smallest absolute Gasteiger partial charge is 0.326 e. The zero-order valence-electron chi connectivity index (χ0n) is 13.3. The summed E-state index contributed by atoms with van der Waals surface area (Å²) in [7, 11) is 0. The Labute approximate surface area is 132 Å². The molecule has 23 heavy (non-hydrogen) atoms. The highest BCUT2D eigenvalue weighted by Crippen LogP contribution is 1.99. The Kier molecular flexibility index (Phi) is 18.3. The molecule has 0 aromatic carbocycles. The monoisotopic (exact) mass is 345 g/mol. The molecular weight excluding hydrogens is 322 g/mol. The first-order valence-corrected chi connectivity index (χ1v) is 5.50. The molecule has 0 rings (SSSR count). The molecule has 0 heterocycles. The first kappa shape index (κ1) is 28.8. The van der Waals surface area contributed by atoms with Crippen LogP contribution in [-0.4, -0.2) is 58.4 Å². The van der Waals surface area contributed by atoms with Crippen LogP contribution in [0, 0.1) is 0 Å². The van der Waals surface area contributed by atoms with Gasteiger partial charge in [-0.05, 0) is 0 Å². The van der Waals surface area contributed by atoms with Gasteiger partial charge in [-0.3, -0.25) is 19.2 Å². The van der Waals surface area contributed by atoms with Gasteiger partial charge in [-0.25, -0.2) is 0 Å². The summed E-state index contributed by atoms with van der Waals surface area (Å²) in [6.45, 7) is 3.97. The second-order valence-corrected chi connectivity index (χ2v) is 3.44. The molecule has 0 aromatic heterocycles. The van der Waals surface area contributed by atoms with Crippen molar-refractivity contribution in [1.29, 1.82) is 0 Å². The molecule has 0 aliphatic heterocycles. The first-order valence-electron chi connectivity index (χ1n) is 5.50. The minimum atomic E-state index is -0.724. The number of hydrogen-bond donors (Lipinski definition) is 1. The van der Waals surface area contributed by atoms with Gasteiger partial charge in [-0.2, -0.15) is 0 Å². The predicted molar refractivity (Wildman–Crippen MR) is 72.7 cm³/mol. The van der Waals surface area contributed by atoms with Crippen LogP contribution in [0.3, 0.4) is 0 Å². The molecule has 0 aliphatic rings. The topological polar surface area (TPSA) is 210 Å². The van der Waals surface area contributed by atoms with Crippen molar-refractivity contribution in [3.63, 3.8) is 0 Å². The maximum absolute atomic E-state index is 10.8. The van der Waals surface area contributed by atoms with Crippen LogP contribution in [0.25, 0.3) is 0 Å². The summed E-state index contributed by atoms with van der Waals surface area (Å²) in [5.41, 5.74) is 0. The summed E-state index contributed by atoms with van der Waals surface area (Å²) >= 11 is 0. The van der Waals surface area contributed by atoms with Gasteiger partial charge >= 0.3 is 23.9 Å². The Morgan fingerprint density at radius 1 is 0.609 bits per heavy atom. The minimum Gasteiger partial charge on any atom is -0.412 e. The first-order chi connectivity index (χ1) is 9.20. The molecular formula is C10H23N3O10. The van der Waals surface area contributed by atoms with Crippen molar-refractivity contribution >= 4 is 23.9 Å². The van der Waals surface area contributed by atoms with Gasteiger partial charge in [0.05, 0.1) is 13.1 Å². The average Bonchev–Trinajstić information content (AvgIpc) is 2.22. The van der Waals surface area contributed by atoms with E-state index in [0.29, 0.717) is 10.5 Å². The van der Waals surface area contributed by atoms with E-state index in [-0.39, 0.29) is 30.2 Å². The SMILES string of the molecule is CC(=O)ON(CCN(OC(C)=O)OC(C)=O)OC(C)=O.N.O.O. The standard InChI is InChI=1S/C10H16N2O8.H3N.2H2O/c1-7(13)17-11(18-8(2)14)5-6-12(19-9(3)15)20-10(4)16;;;/h5-6H2,1-4H3;1H3;2*1H2. The Balaban J connectivity index is -0.000000602. The van der Waals surface area contributed by atoms with Gasteiger partial charge in [0.15, 0.2) is 0 Å². The van der Waals surface area contributed by atoms with Gasteiger partial charge in [0.25, 0.3) is 0 Å². The van der Waals surface area contributed by atoms with Crippen molar-refractivity contribution in [3.05, 3.63) is 0 Å². The molecule has 0 aliphatic carbocycles. The third-order valence-corrected chi connectivity index (χ3v) is 1.39. The van der Waals surface area contributed by atoms with Gasteiger partial charge < -0.3 is 36.5 Å². The lowest BCUT2D eigenvalue weighted by Crippen LogP contribution is -2.38. The summed E-state index contributed by atoms with van der Waals surface area (Å²) in [6.07, 6.45) is 0. The summed E-state index contributed by atoms with van der Waals surface area (Å²) in [5.74, 6) is -2.90. The molecule has 0 atom stereocenters. The van der Waals surface area contributed by atoms with E-state index in [4.69, 9.17) is 0 Å². The van der Waals surface area contributed by atoms with E-state index in [1.54, 1.807) is 0 Å². The normalized spacial score (nSPS) is 8.78. The fraction of sp³-hybridized carbons (Fsp3) is 0.600. The molecule has 0 unspecified atom stereocenters. The zero-order valence-corrected chi connectivity index (χ0v) is 13.3. The van der Waals surface area contributed by atoms with E-state index in [1.165, 1.54) is 0 Å². The molecule has 0 fully saturated rings. The number of hydroxylamine groups is 4. The molecule has 0 amide bonds. The highest BCUT2D eigenvalue weighted by molar-refractivity contribution is 5.67. The van der Waals surface area contributed by atoms with Gasteiger partial charge in [-0.15, -0.1) is 0 Å². The predicted octanol–water partition coefficient (Wildman–Crippen LogP) is -1.98. The Morgan fingerprint density at radius 3 is 0.913 bits per heavy atom. The highest BCUT2D eigenvalue weighted by Gasteiger charge is 2.18. The van der Waals surface area contributed by atoms with Gasteiger partial charge in [0, 0.05) is 38.1 Å². The molecule has 0 saturated carbocycles. The number of nitrogens with zero attached hydrogens (tertiary/aromatic N) is 2. The summed E-state index contributed by atoms with van der Waals surface area (Å²) in [6, 6.07) is 0. The quantitative estimate of drug-likeness (QED) is 0.499. The minimum absolute atomic E-state index is 0. The van der Waals surface area contributed by atoms with Crippen molar-refractivity contribution < 1.29 is 49.5 Å². The summed E-state index contributed by atoms with van der Waals surface area (Å²) in [5, 5.41) is 1.15. The Morgan fingerprint density at radius 2 is 0.783 bits per heavy atom. The Bertz CT molecular complexity index is 321. The van der Waals surface area contributed by atoms with Gasteiger partial charge in [0.2, 0.25) is 0 Å². The largest absolute Gasteiger partial charge is 0.412 e. The maximum Gasteiger partial charge on any atom is 0.326 e. The van der Waals surface area contributed by atoms with E-state index in [1.807, 2.05) is 0 Å².